The molecule has 0 aromatic heterocycles. The molecule has 0 N–H and O–H groups in total. The Balaban J connectivity index is 3.92. The van der Waals surface area contributed by atoms with Gasteiger partial charge in [-0.2, -0.15) is 0 Å². The van der Waals surface area contributed by atoms with Crippen molar-refractivity contribution >= 4 is 17.5 Å². The monoisotopic (exact) mass is 508 g/mol. The first kappa shape index (κ1) is 34.8. The Morgan fingerprint density at radius 1 is 0.500 bits per heavy atom. The van der Waals surface area contributed by atoms with Crippen molar-refractivity contribution < 1.29 is 19.1 Å². The van der Waals surface area contributed by atoms with Crippen molar-refractivity contribution in [1.29, 1.82) is 0 Å². The zero-order chi connectivity index (χ0) is 26.7. The molecule has 212 valence electrons. The zero-order valence-electron chi connectivity index (χ0n) is 24.4. The third-order valence-electron chi connectivity index (χ3n) is 7.22. The van der Waals surface area contributed by atoms with Gasteiger partial charge in [0.05, 0.1) is 12.5 Å². The summed E-state index contributed by atoms with van der Waals surface area (Å²) in [5.74, 6) is 0.0223. The highest BCUT2D eigenvalue weighted by molar-refractivity contribution is 5.84. The van der Waals surface area contributed by atoms with E-state index in [0.717, 1.165) is 38.5 Å². The molecule has 0 aromatic rings. The smallest absolute Gasteiger partial charge is 0.309 e. The number of ketones is 2. The highest BCUT2D eigenvalue weighted by Gasteiger charge is 2.22. The number of rotatable bonds is 28. The van der Waals surface area contributed by atoms with Gasteiger partial charge in [0.1, 0.15) is 11.6 Å². The van der Waals surface area contributed by atoms with E-state index in [4.69, 9.17) is 4.74 Å². The Morgan fingerprint density at radius 2 is 0.889 bits per heavy atom. The molecule has 0 saturated heterocycles. The first-order valence-corrected chi connectivity index (χ1v) is 15.7. The summed E-state index contributed by atoms with van der Waals surface area (Å²) in [5, 5.41) is 0. The first-order chi connectivity index (χ1) is 17.5. The predicted octanol–water partition coefficient (Wildman–Crippen LogP) is 9.71. The lowest BCUT2D eigenvalue weighted by molar-refractivity contribution is -0.150. The minimum absolute atomic E-state index is 0.192. The number of ether oxygens (including phenoxy) is 1. The molecule has 0 aliphatic heterocycles. The minimum Gasteiger partial charge on any atom is -0.466 e. The van der Waals surface area contributed by atoms with Crippen LogP contribution in [0.15, 0.2) is 0 Å². The lowest BCUT2D eigenvalue weighted by Crippen LogP contribution is -2.21. The van der Waals surface area contributed by atoms with Crippen LogP contribution in [0.5, 0.6) is 0 Å². The number of carbonyl (C=O) groups excluding carboxylic acids is 3. The Morgan fingerprint density at radius 3 is 1.33 bits per heavy atom. The largest absolute Gasteiger partial charge is 0.466 e. The minimum atomic E-state index is -0.320. The van der Waals surface area contributed by atoms with Gasteiger partial charge in [0.25, 0.3) is 0 Å². The van der Waals surface area contributed by atoms with Gasteiger partial charge in [0, 0.05) is 25.7 Å². The van der Waals surface area contributed by atoms with Crippen molar-refractivity contribution in [2.24, 2.45) is 5.92 Å². The van der Waals surface area contributed by atoms with E-state index in [1.165, 1.54) is 83.5 Å². The average molecular weight is 509 g/mol. The number of Topliss-reactive ketones (excluding diaryl/α,β-unsaturated/α-hetero) is 2. The molecule has 0 aliphatic carbocycles. The number of carbonyl (C=O) groups is 3. The molecule has 4 heteroatoms. The van der Waals surface area contributed by atoms with Crippen molar-refractivity contribution in [3.8, 4) is 0 Å². The molecule has 0 spiro atoms. The molecule has 0 aliphatic rings. The molecule has 0 aromatic carbocycles. The van der Waals surface area contributed by atoms with Gasteiger partial charge in [-0.25, -0.2) is 0 Å². The fourth-order valence-corrected chi connectivity index (χ4v) is 4.87. The summed E-state index contributed by atoms with van der Waals surface area (Å²) in [5.41, 5.74) is 0. The van der Waals surface area contributed by atoms with Crippen LogP contribution in [0.25, 0.3) is 0 Å². The van der Waals surface area contributed by atoms with Crippen LogP contribution < -0.4 is 0 Å². The van der Waals surface area contributed by atoms with E-state index in [9.17, 15) is 14.4 Å². The van der Waals surface area contributed by atoms with Gasteiger partial charge < -0.3 is 4.74 Å². The first-order valence-electron chi connectivity index (χ1n) is 15.7. The van der Waals surface area contributed by atoms with E-state index in [1.54, 1.807) is 0 Å². The molecule has 0 amide bonds. The molecule has 4 nitrogen and oxygen atoms in total. The van der Waals surface area contributed by atoms with E-state index >= 15 is 0 Å². The lowest BCUT2D eigenvalue weighted by atomic mass is 9.93. The van der Waals surface area contributed by atoms with E-state index < -0.39 is 0 Å². The highest BCUT2D eigenvalue weighted by Crippen LogP contribution is 2.19. The third-order valence-corrected chi connectivity index (χ3v) is 7.22. The molecule has 0 saturated carbocycles. The number of hydrogen-bond acceptors (Lipinski definition) is 4. The van der Waals surface area contributed by atoms with Crippen LogP contribution in [0.2, 0.25) is 0 Å². The standard InChI is InChI=1S/C32H60O4/c1-4-7-9-11-13-14-16-17-21-25-30(33)26-23-19-20-24-29(32(35)36-6-3)28-31(34)27-22-18-15-12-10-8-5-2/h29H,4-28H2,1-3H3/t29-/m1/s1. The summed E-state index contributed by atoms with van der Waals surface area (Å²) in [6.45, 7) is 6.64. The number of esters is 1. The molecule has 0 fully saturated rings. The Kier molecular flexibility index (Phi) is 26.0. The van der Waals surface area contributed by atoms with Gasteiger partial charge in [-0.3, -0.25) is 14.4 Å². The van der Waals surface area contributed by atoms with Gasteiger partial charge in [-0.1, -0.05) is 117 Å². The van der Waals surface area contributed by atoms with Gasteiger partial charge in [0.2, 0.25) is 0 Å². The van der Waals surface area contributed by atoms with Crippen LogP contribution >= 0.6 is 0 Å². The Hall–Kier alpha value is -1.19. The van der Waals surface area contributed by atoms with Crippen LogP contribution in [0.3, 0.4) is 0 Å². The average Bonchev–Trinajstić information content (AvgIpc) is 2.86. The second-order valence-electron chi connectivity index (χ2n) is 10.8. The second-order valence-corrected chi connectivity index (χ2v) is 10.8. The van der Waals surface area contributed by atoms with Gasteiger partial charge in [-0.05, 0) is 32.6 Å². The fourth-order valence-electron chi connectivity index (χ4n) is 4.87. The zero-order valence-corrected chi connectivity index (χ0v) is 24.4. The lowest BCUT2D eigenvalue weighted by Gasteiger charge is -2.15. The third kappa shape index (κ3) is 23.2. The normalized spacial score (nSPS) is 12.0. The van der Waals surface area contributed by atoms with Gasteiger partial charge in [-0.15, -0.1) is 0 Å². The Bertz CT molecular complexity index is 528. The maximum Gasteiger partial charge on any atom is 0.309 e. The SMILES string of the molecule is CCCCCCCCCCCC(=O)CCCCC[C@H](CC(=O)CCCCCCCCC)C(=O)OCC. The molecule has 0 rings (SSSR count). The van der Waals surface area contributed by atoms with E-state index in [1.807, 2.05) is 6.92 Å². The molecular formula is C32H60O4. The van der Waals surface area contributed by atoms with E-state index in [2.05, 4.69) is 13.8 Å². The van der Waals surface area contributed by atoms with Gasteiger partial charge >= 0.3 is 5.97 Å². The molecule has 1 atom stereocenters. The summed E-state index contributed by atoms with van der Waals surface area (Å²) in [6.07, 6.45) is 25.5. The molecule has 0 heterocycles. The number of hydrogen-bond donors (Lipinski definition) is 0. The number of unbranched alkanes of at least 4 members (excludes halogenated alkanes) is 16. The molecule has 0 unspecified atom stereocenters. The highest BCUT2D eigenvalue weighted by atomic mass is 16.5. The van der Waals surface area contributed by atoms with Crippen LogP contribution in [-0.2, 0) is 19.1 Å². The van der Waals surface area contributed by atoms with Gasteiger partial charge in [0.15, 0.2) is 0 Å². The van der Waals surface area contributed by atoms with E-state index in [0.29, 0.717) is 44.5 Å². The van der Waals surface area contributed by atoms with Crippen LogP contribution in [0, 0.1) is 5.92 Å². The van der Waals surface area contributed by atoms with Crippen molar-refractivity contribution in [1.82, 2.24) is 0 Å². The maximum atomic E-state index is 12.4. The van der Waals surface area contributed by atoms with Crippen LogP contribution in [0.4, 0.5) is 0 Å². The summed E-state index contributed by atoms with van der Waals surface area (Å²) >= 11 is 0. The predicted molar refractivity (Wildman–Crippen MR) is 152 cm³/mol. The fraction of sp³-hybridized carbons (Fsp3) is 0.906. The Labute approximate surface area is 224 Å². The van der Waals surface area contributed by atoms with E-state index in [-0.39, 0.29) is 17.7 Å². The second kappa shape index (κ2) is 26.9. The molecule has 0 bridgehead atoms. The summed E-state index contributed by atoms with van der Waals surface area (Å²) < 4.78 is 5.23. The van der Waals surface area contributed by atoms with Crippen molar-refractivity contribution in [3.05, 3.63) is 0 Å². The summed E-state index contributed by atoms with van der Waals surface area (Å²) in [4.78, 5) is 37.0. The molecule has 0 radical (unpaired) electrons. The summed E-state index contributed by atoms with van der Waals surface area (Å²) in [7, 11) is 0. The van der Waals surface area contributed by atoms with Crippen molar-refractivity contribution in [2.75, 3.05) is 6.61 Å². The quantitative estimate of drug-likeness (QED) is 0.0779. The van der Waals surface area contributed by atoms with Crippen molar-refractivity contribution in [2.45, 2.75) is 175 Å². The van der Waals surface area contributed by atoms with Crippen LogP contribution in [-0.4, -0.2) is 24.1 Å². The molecular weight excluding hydrogens is 448 g/mol. The van der Waals surface area contributed by atoms with Crippen molar-refractivity contribution in [3.63, 3.8) is 0 Å². The summed E-state index contributed by atoms with van der Waals surface area (Å²) in [6, 6.07) is 0. The maximum absolute atomic E-state index is 12.4. The topological polar surface area (TPSA) is 60.4 Å². The van der Waals surface area contributed by atoms with Crippen LogP contribution in [0.1, 0.15) is 175 Å². The molecule has 36 heavy (non-hydrogen) atoms.